The Bertz CT molecular complexity index is 704. The molecule has 0 saturated carbocycles. The zero-order valence-electron chi connectivity index (χ0n) is 9.47. The Morgan fingerprint density at radius 2 is 2.11 bits per heavy atom. The van der Waals surface area contributed by atoms with Crippen LogP contribution in [0.25, 0.3) is 10.9 Å². The molecule has 0 radical (unpaired) electrons. The fourth-order valence-corrected chi connectivity index (χ4v) is 2.14. The monoisotopic (exact) mass is 264 g/mol. The number of hydrogen-bond acceptors (Lipinski definition) is 4. The molecular formula is C11H12N4O2S. The summed E-state index contributed by atoms with van der Waals surface area (Å²) >= 11 is 1.10. The highest BCUT2D eigenvalue weighted by atomic mass is 32.2. The van der Waals surface area contributed by atoms with Gasteiger partial charge in [-0.2, -0.15) is 0 Å². The number of fused-ring (bicyclic) bond motifs is 1. The third-order valence-electron chi connectivity index (χ3n) is 2.46. The van der Waals surface area contributed by atoms with E-state index in [1.165, 1.54) is 0 Å². The summed E-state index contributed by atoms with van der Waals surface area (Å²) in [4.78, 5) is 26.5. The van der Waals surface area contributed by atoms with Gasteiger partial charge in [0.1, 0.15) is 0 Å². The largest absolute Gasteiger partial charge is 0.379 e. The molecule has 0 atom stereocenters. The molecule has 0 spiro atoms. The van der Waals surface area contributed by atoms with Crippen LogP contribution in [0.4, 0.5) is 0 Å². The molecule has 0 amide bonds. The molecule has 0 fully saturated rings. The second-order valence-corrected chi connectivity index (χ2v) is 4.78. The van der Waals surface area contributed by atoms with E-state index in [9.17, 15) is 9.59 Å². The number of amidine groups is 1. The van der Waals surface area contributed by atoms with Crippen molar-refractivity contribution in [3.8, 4) is 0 Å². The van der Waals surface area contributed by atoms with Crippen molar-refractivity contribution in [1.82, 2.24) is 9.55 Å². The highest BCUT2D eigenvalue weighted by Gasteiger charge is 2.06. The summed E-state index contributed by atoms with van der Waals surface area (Å²) in [6, 6.07) is 6.86. The van der Waals surface area contributed by atoms with Crippen LogP contribution in [0.2, 0.25) is 0 Å². The van der Waals surface area contributed by atoms with Crippen LogP contribution >= 0.6 is 11.8 Å². The molecule has 0 saturated heterocycles. The maximum Gasteiger partial charge on any atom is 0.328 e. The first-order chi connectivity index (χ1) is 8.59. The second kappa shape index (κ2) is 5.09. The molecule has 7 heteroatoms. The molecule has 2 rings (SSSR count). The van der Waals surface area contributed by atoms with Crippen LogP contribution in [-0.2, 0) is 6.54 Å². The van der Waals surface area contributed by atoms with Crippen molar-refractivity contribution in [1.29, 1.82) is 5.41 Å². The van der Waals surface area contributed by atoms with Crippen LogP contribution in [0.15, 0.2) is 33.9 Å². The van der Waals surface area contributed by atoms with Crippen molar-refractivity contribution in [2.24, 2.45) is 5.73 Å². The lowest BCUT2D eigenvalue weighted by Crippen LogP contribution is -2.35. The van der Waals surface area contributed by atoms with Gasteiger partial charge in [0.05, 0.1) is 10.9 Å². The van der Waals surface area contributed by atoms with Gasteiger partial charge in [-0.25, -0.2) is 4.79 Å². The average Bonchev–Trinajstić information content (AvgIpc) is 2.33. The molecule has 4 N–H and O–H groups in total. The molecule has 0 unspecified atom stereocenters. The smallest absolute Gasteiger partial charge is 0.328 e. The Kier molecular flexibility index (Phi) is 3.52. The van der Waals surface area contributed by atoms with E-state index in [4.69, 9.17) is 11.1 Å². The molecule has 1 aromatic heterocycles. The van der Waals surface area contributed by atoms with E-state index in [0.29, 0.717) is 16.7 Å². The number of rotatable bonds is 3. The van der Waals surface area contributed by atoms with Gasteiger partial charge in [-0.05, 0) is 12.1 Å². The molecule has 0 aliphatic heterocycles. The van der Waals surface area contributed by atoms with Crippen molar-refractivity contribution < 1.29 is 0 Å². The van der Waals surface area contributed by atoms with Crippen molar-refractivity contribution >= 4 is 27.8 Å². The van der Waals surface area contributed by atoms with Crippen LogP contribution in [0.3, 0.4) is 0 Å². The first-order valence-corrected chi connectivity index (χ1v) is 6.27. The summed E-state index contributed by atoms with van der Waals surface area (Å²) in [6.45, 7) is 0.225. The van der Waals surface area contributed by atoms with Gasteiger partial charge in [-0.1, -0.05) is 23.9 Å². The maximum absolute atomic E-state index is 12.1. The molecule has 6 nitrogen and oxygen atoms in total. The van der Waals surface area contributed by atoms with Crippen molar-refractivity contribution in [3.63, 3.8) is 0 Å². The average molecular weight is 264 g/mol. The van der Waals surface area contributed by atoms with Gasteiger partial charge in [-0.3, -0.25) is 14.8 Å². The Hall–Kier alpha value is -2.02. The molecule has 0 aliphatic carbocycles. The summed E-state index contributed by atoms with van der Waals surface area (Å²) in [6.07, 6.45) is 0. The molecule has 1 heterocycles. The topological polar surface area (TPSA) is 105 Å². The van der Waals surface area contributed by atoms with Gasteiger partial charge in [0, 0.05) is 12.3 Å². The fraction of sp³-hybridized carbons (Fsp3) is 0.182. The van der Waals surface area contributed by atoms with Crippen LogP contribution < -0.4 is 17.0 Å². The standard InChI is InChI=1S/C11H12N4O2S/c12-10(13)18-6-5-15-9(16)7-3-1-2-4-8(7)14-11(15)17/h1-4H,5-6H2,(H3,12,13)(H,14,17). The summed E-state index contributed by atoms with van der Waals surface area (Å²) in [5.41, 5.74) is 4.96. The summed E-state index contributed by atoms with van der Waals surface area (Å²) in [5.74, 6) is 0.413. The van der Waals surface area contributed by atoms with E-state index in [2.05, 4.69) is 4.98 Å². The number of nitrogens with zero attached hydrogens (tertiary/aromatic N) is 1. The summed E-state index contributed by atoms with van der Waals surface area (Å²) < 4.78 is 1.12. The number of hydrogen-bond donors (Lipinski definition) is 3. The SMILES string of the molecule is N=C(N)SCCn1c(=O)[nH]c2ccccc2c1=O. The van der Waals surface area contributed by atoms with Crippen molar-refractivity contribution in [2.75, 3.05) is 5.75 Å². The van der Waals surface area contributed by atoms with Gasteiger partial charge >= 0.3 is 5.69 Å². The molecule has 1 aromatic carbocycles. The van der Waals surface area contributed by atoms with Crippen LogP contribution in [-0.4, -0.2) is 20.5 Å². The molecule has 0 bridgehead atoms. The van der Waals surface area contributed by atoms with Crippen molar-refractivity contribution in [3.05, 3.63) is 45.1 Å². The van der Waals surface area contributed by atoms with Crippen LogP contribution in [0, 0.1) is 5.41 Å². The lowest BCUT2D eigenvalue weighted by atomic mass is 10.2. The maximum atomic E-state index is 12.1. The predicted octanol–water partition coefficient (Wildman–Crippen LogP) is 0.316. The van der Waals surface area contributed by atoms with E-state index in [-0.39, 0.29) is 17.3 Å². The Morgan fingerprint density at radius 1 is 1.39 bits per heavy atom. The lowest BCUT2D eigenvalue weighted by molar-refractivity contribution is 0.691. The highest BCUT2D eigenvalue weighted by Crippen LogP contribution is 2.03. The van der Waals surface area contributed by atoms with Gasteiger partial charge < -0.3 is 10.7 Å². The highest BCUT2D eigenvalue weighted by molar-refractivity contribution is 8.13. The minimum absolute atomic E-state index is 0.0275. The Balaban J connectivity index is 2.42. The van der Waals surface area contributed by atoms with Crippen LogP contribution in [0.5, 0.6) is 0 Å². The van der Waals surface area contributed by atoms with E-state index < -0.39 is 5.69 Å². The van der Waals surface area contributed by atoms with Crippen molar-refractivity contribution in [2.45, 2.75) is 6.54 Å². The zero-order valence-corrected chi connectivity index (χ0v) is 10.3. The summed E-state index contributed by atoms with van der Waals surface area (Å²) in [7, 11) is 0. The fourth-order valence-electron chi connectivity index (χ4n) is 1.65. The van der Waals surface area contributed by atoms with Gasteiger partial charge in [0.15, 0.2) is 5.17 Å². The zero-order chi connectivity index (χ0) is 13.1. The second-order valence-electron chi connectivity index (χ2n) is 3.65. The number of H-pyrrole nitrogens is 1. The number of para-hydroxylation sites is 1. The number of nitrogens with two attached hydrogens (primary N) is 1. The Labute approximate surface area is 106 Å². The van der Waals surface area contributed by atoms with Gasteiger partial charge in [-0.15, -0.1) is 0 Å². The minimum Gasteiger partial charge on any atom is -0.379 e. The number of thioether (sulfide) groups is 1. The third kappa shape index (κ3) is 2.45. The number of aromatic nitrogens is 2. The van der Waals surface area contributed by atoms with E-state index in [0.717, 1.165) is 16.3 Å². The molecular weight excluding hydrogens is 252 g/mol. The molecule has 2 aromatic rings. The van der Waals surface area contributed by atoms with E-state index >= 15 is 0 Å². The minimum atomic E-state index is -0.442. The molecule has 18 heavy (non-hydrogen) atoms. The molecule has 0 aliphatic rings. The first kappa shape index (κ1) is 12.4. The van der Waals surface area contributed by atoms with Gasteiger partial charge in [0.25, 0.3) is 5.56 Å². The predicted molar refractivity (Wildman–Crippen MR) is 73.2 cm³/mol. The van der Waals surface area contributed by atoms with E-state index in [1.807, 2.05) is 0 Å². The molecule has 94 valence electrons. The number of aromatic amines is 1. The summed E-state index contributed by atoms with van der Waals surface area (Å²) in [5, 5.41) is 7.52. The number of nitrogens with one attached hydrogen (secondary N) is 2. The quantitative estimate of drug-likeness (QED) is 0.548. The normalized spacial score (nSPS) is 10.7. The third-order valence-corrected chi connectivity index (χ3v) is 3.16. The first-order valence-electron chi connectivity index (χ1n) is 5.28. The van der Waals surface area contributed by atoms with Gasteiger partial charge in [0.2, 0.25) is 0 Å². The number of benzene rings is 1. The van der Waals surface area contributed by atoms with Crippen LogP contribution in [0.1, 0.15) is 0 Å². The van der Waals surface area contributed by atoms with E-state index in [1.54, 1.807) is 24.3 Å². The Morgan fingerprint density at radius 3 is 2.83 bits per heavy atom. The lowest BCUT2D eigenvalue weighted by Gasteiger charge is -2.05.